The lowest BCUT2D eigenvalue weighted by Gasteiger charge is -2.54. The molecule has 0 aromatic heterocycles. The Bertz CT molecular complexity index is 559. The van der Waals surface area contributed by atoms with Crippen molar-refractivity contribution in [3.05, 3.63) is 29.3 Å². The van der Waals surface area contributed by atoms with Gasteiger partial charge in [0.2, 0.25) is 0 Å². The molecular formula is C18H23NO. The maximum absolute atomic E-state index is 9.82. The quantitative estimate of drug-likeness (QED) is 0.834. The Morgan fingerprint density at radius 3 is 3.05 bits per heavy atom. The van der Waals surface area contributed by atoms with Gasteiger partial charge in [0, 0.05) is 19.0 Å². The molecule has 0 spiro atoms. The predicted molar refractivity (Wildman–Crippen MR) is 81.8 cm³/mol. The van der Waals surface area contributed by atoms with Gasteiger partial charge in [0.15, 0.2) is 0 Å². The van der Waals surface area contributed by atoms with Crippen LogP contribution in [0.1, 0.15) is 37.8 Å². The van der Waals surface area contributed by atoms with Gasteiger partial charge < -0.3 is 5.11 Å². The number of phenols is 1. The van der Waals surface area contributed by atoms with E-state index in [1.54, 1.807) is 0 Å². The van der Waals surface area contributed by atoms with Crippen LogP contribution in [0.2, 0.25) is 0 Å². The molecule has 2 heteroatoms. The van der Waals surface area contributed by atoms with Crippen LogP contribution in [0.3, 0.4) is 0 Å². The zero-order valence-corrected chi connectivity index (χ0v) is 12.4. The van der Waals surface area contributed by atoms with Crippen molar-refractivity contribution in [3.8, 4) is 18.1 Å². The second-order valence-electron chi connectivity index (χ2n) is 6.56. The number of nitrogens with zero attached hydrogens (tertiary/aromatic N) is 1. The Morgan fingerprint density at radius 2 is 2.30 bits per heavy atom. The molecule has 2 aliphatic rings. The van der Waals surface area contributed by atoms with E-state index >= 15 is 0 Å². The van der Waals surface area contributed by atoms with Crippen molar-refractivity contribution in [2.24, 2.45) is 5.92 Å². The lowest BCUT2D eigenvalue weighted by molar-refractivity contribution is 0.0330. The van der Waals surface area contributed by atoms with Gasteiger partial charge in [-0.1, -0.05) is 19.9 Å². The summed E-state index contributed by atoms with van der Waals surface area (Å²) in [5.41, 5.74) is 2.94. The second kappa shape index (κ2) is 4.82. The maximum atomic E-state index is 9.82. The minimum absolute atomic E-state index is 0.184. The largest absolute Gasteiger partial charge is 0.508 e. The van der Waals surface area contributed by atoms with Crippen molar-refractivity contribution < 1.29 is 5.11 Å². The monoisotopic (exact) mass is 269 g/mol. The Labute approximate surface area is 121 Å². The first-order valence-corrected chi connectivity index (χ1v) is 7.56. The summed E-state index contributed by atoms with van der Waals surface area (Å²) in [6.45, 7) is 6.84. The highest BCUT2D eigenvalue weighted by atomic mass is 16.3. The Hall–Kier alpha value is -1.46. The molecule has 3 atom stereocenters. The number of rotatable bonds is 2. The van der Waals surface area contributed by atoms with Crippen LogP contribution in [0.15, 0.2) is 18.2 Å². The van der Waals surface area contributed by atoms with E-state index in [4.69, 9.17) is 6.42 Å². The molecule has 1 aliphatic carbocycles. The Kier molecular flexibility index (Phi) is 3.26. The number of terminal acetylenes is 1. The first-order chi connectivity index (χ1) is 9.56. The highest BCUT2D eigenvalue weighted by molar-refractivity contribution is 5.44. The molecule has 1 fully saturated rings. The van der Waals surface area contributed by atoms with Crippen molar-refractivity contribution in [1.82, 2.24) is 4.90 Å². The Balaban J connectivity index is 1.98. The molecule has 0 radical (unpaired) electrons. The smallest absolute Gasteiger partial charge is 0.115 e. The summed E-state index contributed by atoms with van der Waals surface area (Å²) in [4.78, 5) is 2.57. The van der Waals surface area contributed by atoms with Crippen LogP contribution in [0.4, 0.5) is 0 Å². The molecule has 2 bridgehead atoms. The molecule has 1 heterocycles. The van der Waals surface area contributed by atoms with Gasteiger partial charge in [0.25, 0.3) is 0 Å². The lowest BCUT2D eigenvalue weighted by Crippen LogP contribution is -2.58. The predicted octanol–water partition coefficient (Wildman–Crippen LogP) is 2.94. The van der Waals surface area contributed by atoms with E-state index in [0.29, 0.717) is 17.7 Å². The number of aromatic hydroxyl groups is 1. The van der Waals surface area contributed by atoms with Crippen LogP contribution < -0.4 is 0 Å². The van der Waals surface area contributed by atoms with Crippen molar-refractivity contribution in [2.45, 2.75) is 44.6 Å². The molecule has 0 amide bonds. The number of phenolic OH excluding ortho intramolecular Hbond substituents is 1. The summed E-state index contributed by atoms with van der Waals surface area (Å²) >= 11 is 0. The average molecular weight is 269 g/mol. The van der Waals surface area contributed by atoms with Crippen molar-refractivity contribution in [1.29, 1.82) is 0 Å². The summed E-state index contributed by atoms with van der Waals surface area (Å²) < 4.78 is 0. The molecule has 1 aliphatic heterocycles. The minimum Gasteiger partial charge on any atom is -0.508 e. The average Bonchev–Trinajstić information content (AvgIpc) is 2.43. The molecule has 1 saturated heterocycles. The summed E-state index contributed by atoms with van der Waals surface area (Å²) in [6, 6.07) is 6.49. The van der Waals surface area contributed by atoms with Gasteiger partial charge in [-0.25, -0.2) is 0 Å². The molecule has 3 rings (SSSR count). The van der Waals surface area contributed by atoms with Crippen LogP contribution in [0, 0.1) is 18.3 Å². The topological polar surface area (TPSA) is 23.5 Å². The standard InChI is InChI=1S/C18H23NO/c1-4-5-9-19-10-8-18(3)13(2)17(19)11-14-6-7-15(20)12-16(14)18/h1,6-7,12-13,17,20H,5,8-11H2,2-3H3/t13-,17+,18+/m0/s1. The van der Waals surface area contributed by atoms with Crippen LogP contribution in [0.5, 0.6) is 5.75 Å². The van der Waals surface area contributed by atoms with Crippen molar-refractivity contribution >= 4 is 0 Å². The van der Waals surface area contributed by atoms with E-state index in [1.165, 1.54) is 11.1 Å². The molecule has 1 N–H and O–H groups in total. The lowest BCUT2D eigenvalue weighted by atomic mass is 9.59. The molecule has 106 valence electrons. The zero-order chi connectivity index (χ0) is 14.3. The number of piperidine rings is 1. The van der Waals surface area contributed by atoms with Gasteiger partial charge in [-0.05, 0) is 54.0 Å². The van der Waals surface area contributed by atoms with Crippen LogP contribution in [0.25, 0.3) is 0 Å². The van der Waals surface area contributed by atoms with Crippen molar-refractivity contribution in [2.75, 3.05) is 13.1 Å². The van der Waals surface area contributed by atoms with E-state index in [0.717, 1.165) is 32.4 Å². The zero-order valence-electron chi connectivity index (χ0n) is 12.4. The normalized spacial score (nSPS) is 32.5. The van der Waals surface area contributed by atoms with Gasteiger partial charge in [0.1, 0.15) is 5.75 Å². The molecule has 1 aromatic rings. The molecule has 0 saturated carbocycles. The van der Waals surface area contributed by atoms with E-state index < -0.39 is 0 Å². The summed E-state index contributed by atoms with van der Waals surface area (Å²) in [7, 11) is 0. The van der Waals surface area contributed by atoms with Crippen LogP contribution in [-0.4, -0.2) is 29.1 Å². The molecule has 0 unspecified atom stereocenters. The van der Waals surface area contributed by atoms with Gasteiger partial charge in [-0.3, -0.25) is 4.90 Å². The summed E-state index contributed by atoms with van der Waals surface area (Å²) in [5.74, 6) is 3.76. The van der Waals surface area contributed by atoms with Gasteiger partial charge in [0.05, 0.1) is 0 Å². The third-order valence-corrected chi connectivity index (χ3v) is 5.65. The third kappa shape index (κ3) is 1.93. The minimum atomic E-state index is 0.184. The van der Waals surface area contributed by atoms with Gasteiger partial charge in [-0.15, -0.1) is 12.3 Å². The van der Waals surface area contributed by atoms with Gasteiger partial charge >= 0.3 is 0 Å². The highest BCUT2D eigenvalue weighted by Gasteiger charge is 2.48. The van der Waals surface area contributed by atoms with E-state index in [-0.39, 0.29) is 5.41 Å². The highest BCUT2D eigenvalue weighted by Crippen LogP contribution is 2.49. The number of likely N-dealkylation sites (tertiary alicyclic amines) is 1. The van der Waals surface area contributed by atoms with E-state index in [9.17, 15) is 5.11 Å². The summed E-state index contributed by atoms with van der Waals surface area (Å²) in [6.07, 6.45) is 8.48. The fourth-order valence-electron chi connectivity index (χ4n) is 4.18. The number of benzene rings is 1. The van der Waals surface area contributed by atoms with E-state index in [2.05, 4.69) is 30.7 Å². The SMILES string of the molecule is C#CCCN1CC[C@@]2(C)c3cc(O)ccc3C[C@@H]1[C@@H]2C. The fraction of sp³-hybridized carbons (Fsp3) is 0.556. The molecule has 20 heavy (non-hydrogen) atoms. The maximum Gasteiger partial charge on any atom is 0.115 e. The summed E-state index contributed by atoms with van der Waals surface area (Å²) in [5, 5.41) is 9.82. The number of fused-ring (bicyclic) bond motifs is 4. The Morgan fingerprint density at radius 1 is 1.50 bits per heavy atom. The molecule has 1 aromatic carbocycles. The fourth-order valence-corrected chi connectivity index (χ4v) is 4.18. The second-order valence-corrected chi connectivity index (χ2v) is 6.56. The van der Waals surface area contributed by atoms with Crippen LogP contribution >= 0.6 is 0 Å². The van der Waals surface area contributed by atoms with Crippen molar-refractivity contribution in [3.63, 3.8) is 0 Å². The molecule has 2 nitrogen and oxygen atoms in total. The third-order valence-electron chi connectivity index (χ3n) is 5.65. The van der Waals surface area contributed by atoms with Gasteiger partial charge in [-0.2, -0.15) is 0 Å². The van der Waals surface area contributed by atoms with E-state index in [1.807, 2.05) is 12.1 Å². The van der Waals surface area contributed by atoms with Crippen LogP contribution in [-0.2, 0) is 11.8 Å². The number of hydrogen-bond acceptors (Lipinski definition) is 2. The first-order valence-electron chi connectivity index (χ1n) is 7.56. The number of hydrogen-bond donors (Lipinski definition) is 1. The molecular weight excluding hydrogens is 246 g/mol. The first kappa shape index (κ1) is 13.5.